The van der Waals surface area contributed by atoms with Crippen LogP contribution in [-0.2, 0) is 9.47 Å². The summed E-state index contributed by atoms with van der Waals surface area (Å²) in [5, 5.41) is 2.35. The zero-order valence-corrected chi connectivity index (χ0v) is 12.4. The molecule has 3 rings (SSSR count). The van der Waals surface area contributed by atoms with Gasteiger partial charge in [-0.05, 0) is 13.5 Å². The van der Waals surface area contributed by atoms with Gasteiger partial charge in [0.2, 0.25) is 0 Å². The van der Waals surface area contributed by atoms with Gasteiger partial charge < -0.3 is 19.3 Å². The number of likely N-dealkylation sites (N-methyl/N-ethyl adjacent to an activating group) is 1. The van der Waals surface area contributed by atoms with Gasteiger partial charge >= 0.3 is 0 Å². The quantitative estimate of drug-likeness (QED) is 0.762. The number of hydrogen-bond donors (Lipinski definition) is 0. The number of ether oxygens (including phenoxy) is 2. The van der Waals surface area contributed by atoms with Crippen LogP contribution in [0.2, 0.25) is 0 Å². The van der Waals surface area contributed by atoms with Gasteiger partial charge in [0, 0.05) is 24.7 Å². The van der Waals surface area contributed by atoms with Crippen molar-refractivity contribution in [2.45, 2.75) is 12.2 Å². The van der Waals surface area contributed by atoms with E-state index in [0.717, 1.165) is 13.0 Å². The van der Waals surface area contributed by atoms with Gasteiger partial charge in [-0.1, -0.05) is 0 Å². The SMILES string of the molecule is CN1CCCOC2(C1)CN(C(=O)c1nccs1)CCO2. The molecule has 2 aliphatic rings. The van der Waals surface area contributed by atoms with Crippen LogP contribution >= 0.6 is 11.3 Å². The topological polar surface area (TPSA) is 54.9 Å². The summed E-state index contributed by atoms with van der Waals surface area (Å²) in [5.74, 6) is -0.714. The van der Waals surface area contributed by atoms with E-state index in [0.29, 0.717) is 37.9 Å². The molecule has 1 aromatic heterocycles. The van der Waals surface area contributed by atoms with Crippen molar-refractivity contribution >= 4 is 17.2 Å². The second-order valence-electron chi connectivity index (χ2n) is 5.26. The average molecular weight is 297 g/mol. The zero-order valence-electron chi connectivity index (χ0n) is 11.6. The van der Waals surface area contributed by atoms with Gasteiger partial charge in [-0.3, -0.25) is 4.79 Å². The van der Waals surface area contributed by atoms with Crippen LogP contribution < -0.4 is 0 Å². The van der Waals surface area contributed by atoms with E-state index in [-0.39, 0.29) is 5.91 Å². The molecule has 1 aromatic rings. The predicted octanol–water partition coefficient (Wildman–Crippen LogP) is 0.664. The number of hydrogen-bond acceptors (Lipinski definition) is 6. The Morgan fingerprint density at radius 3 is 3.00 bits per heavy atom. The molecule has 110 valence electrons. The summed E-state index contributed by atoms with van der Waals surface area (Å²) in [7, 11) is 2.06. The highest BCUT2D eigenvalue weighted by Gasteiger charge is 2.41. The van der Waals surface area contributed by atoms with Crippen LogP contribution in [0.25, 0.3) is 0 Å². The number of carbonyl (C=O) groups excluding carboxylic acids is 1. The van der Waals surface area contributed by atoms with E-state index >= 15 is 0 Å². The number of rotatable bonds is 1. The lowest BCUT2D eigenvalue weighted by atomic mass is 10.2. The van der Waals surface area contributed by atoms with Crippen molar-refractivity contribution in [3.05, 3.63) is 16.6 Å². The molecular weight excluding hydrogens is 278 g/mol. The largest absolute Gasteiger partial charge is 0.347 e. The fraction of sp³-hybridized carbons (Fsp3) is 0.692. The Hall–Kier alpha value is -1.02. The van der Waals surface area contributed by atoms with Crippen LogP contribution in [-0.4, -0.2) is 72.9 Å². The molecule has 7 heteroatoms. The number of amides is 1. The summed E-state index contributed by atoms with van der Waals surface area (Å²) in [6.45, 7) is 3.91. The Labute approximate surface area is 122 Å². The third-order valence-corrected chi connectivity index (χ3v) is 4.38. The molecule has 1 atom stereocenters. The lowest BCUT2D eigenvalue weighted by Gasteiger charge is -2.42. The first-order valence-corrected chi connectivity index (χ1v) is 7.72. The van der Waals surface area contributed by atoms with Gasteiger partial charge in [-0.25, -0.2) is 4.98 Å². The van der Waals surface area contributed by atoms with Crippen LogP contribution in [0, 0.1) is 0 Å². The Balaban J connectivity index is 1.74. The molecular formula is C13H19N3O3S. The van der Waals surface area contributed by atoms with E-state index in [9.17, 15) is 4.79 Å². The summed E-state index contributed by atoms with van der Waals surface area (Å²) in [4.78, 5) is 20.5. The van der Waals surface area contributed by atoms with Crippen LogP contribution in [0.5, 0.6) is 0 Å². The summed E-state index contributed by atoms with van der Waals surface area (Å²) in [6.07, 6.45) is 2.64. The van der Waals surface area contributed by atoms with Gasteiger partial charge in [-0.2, -0.15) is 0 Å². The molecule has 0 aromatic carbocycles. The second-order valence-corrected chi connectivity index (χ2v) is 6.16. The highest BCUT2D eigenvalue weighted by molar-refractivity contribution is 7.11. The Morgan fingerprint density at radius 2 is 2.20 bits per heavy atom. The predicted molar refractivity (Wildman–Crippen MR) is 74.8 cm³/mol. The molecule has 0 aliphatic carbocycles. The van der Waals surface area contributed by atoms with Crippen molar-refractivity contribution in [1.29, 1.82) is 0 Å². The fourth-order valence-electron chi connectivity index (χ4n) is 2.71. The van der Waals surface area contributed by atoms with Crippen LogP contribution in [0.15, 0.2) is 11.6 Å². The van der Waals surface area contributed by atoms with Gasteiger partial charge in [0.05, 0.1) is 26.3 Å². The number of morpholine rings is 1. The summed E-state index contributed by atoms with van der Waals surface area (Å²) < 4.78 is 11.8. The first-order chi connectivity index (χ1) is 9.69. The number of nitrogens with zero attached hydrogens (tertiary/aromatic N) is 3. The Bertz CT molecular complexity index is 467. The van der Waals surface area contributed by atoms with Crippen LogP contribution in [0.4, 0.5) is 0 Å². The van der Waals surface area contributed by atoms with E-state index < -0.39 is 5.79 Å². The smallest absolute Gasteiger partial charge is 0.283 e. The minimum atomic E-state index is -0.684. The molecule has 6 nitrogen and oxygen atoms in total. The van der Waals surface area contributed by atoms with Gasteiger partial charge in [-0.15, -0.1) is 11.3 Å². The van der Waals surface area contributed by atoms with E-state index in [4.69, 9.17) is 9.47 Å². The third-order valence-electron chi connectivity index (χ3n) is 3.62. The minimum absolute atomic E-state index is 0.0295. The van der Waals surface area contributed by atoms with Crippen molar-refractivity contribution in [2.75, 3.05) is 46.4 Å². The molecule has 0 radical (unpaired) electrons. The molecule has 3 heterocycles. The van der Waals surface area contributed by atoms with E-state index in [1.165, 1.54) is 11.3 Å². The molecule has 0 N–H and O–H groups in total. The molecule has 0 saturated carbocycles. The highest BCUT2D eigenvalue weighted by atomic mass is 32.1. The molecule has 1 unspecified atom stereocenters. The van der Waals surface area contributed by atoms with Crippen molar-refractivity contribution in [2.24, 2.45) is 0 Å². The van der Waals surface area contributed by atoms with E-state index in [1.807, 2.05) is 5.38 Å². The lowest BCUT2D eigenvalue weighted by molar-refractivity contribution is -0.260. The summed E-state index contributed by atoms with van der Waals surface area (Å²) in [6, 6.07) is 0. The molecule has 1 spiro atoms. The number of thiazole rings is 1. The molecule has 2 fully saturated rings. The van der Waals surface area contributed by atoms with Crippen LogP contribution in [0.3, 0.4) is 0 Å². The van der Waals surface area contributed by atoms with Gasteiger partial charge in [0.15, 0.2) is 10.8 Å². The monoisotopic (exact) mass is 297 g/mol. The van der Waals surface area contributed by atoms with Crippen molar-refractivity contribution in [3.63, 3.8) is 0 Å². The Kier molecular flexibility index (Phi) is 4.02. The molecule has 2 aliphatic heterocycles. The zero-order chi connectivity index (χ0) is 14.0. The number of carbonyl (C=O) groups is 1. The average Bonchev–Trinajstić information content (AvgIpc) is 2.91. The van der Waals surface area contributed by atoms with Crippen molar-refractivity contribution in [1.82, 2.24) is 14.8 Å². The fourth-order valence-corrected chi connectivity index (χ4v) is 3.31. The molecule has 20 heavy (non-hydrogen) atoms. The normalized spacial score (nSPS) is 28.6. The first kappa shape index (κ1) is 13.9. The standard InChI is InChI=1S/C13H19N3O3S/c1-15-4-2-6-18-13(9-15)10-16(5-7-19-13)12(17)11-14-3-8-20-11/h3,8H,2,4-7,9-10H2,1H3. The molecule has 2 saturated heterocycles. The number of aromatic nitrogens is 1. The second kappa shape index (κ2) is 5.77. The van der Waals surface area contributed by atoms with E-state index in [1.54, 1.807) is 11.1 Å². The maximum atomic E-state index is 12.4. The first-order valence-electron chi connectivity index (χ1n) is 6.84. The van der Waals surface area contributed by atoms with E-state index in [2.05, 4.69) is 16.9 Å². The molecule has 0 bridgehead atoms. The van der Waals surface area contributed by atoms with Gasteiger partial charge in [0.1, 0.15) is 0 Å². The van der Waals surface area contributed by atoms with Crippen LogP contribution in [0.1, 0.15) is 16.2 Å². The summed E-state index contributed by atoms with van der Waals surface area (Å²) >= 11 is 1.37. The lowest BCUT2D eigenvalue weighted by Crippen LogP contribution is -2.58. The van der Waals surface area contributed by atoms with Crippen molar-refractivity contribution < 1.29 is 14.3 Å². The summed E-state index contributed by atoms with van der Waals surface area (Å²) in [5.41, 5.74) is 0. The highest BCUT2D eigenvalue weighted by Crippen LogP contribution is 2.25. The minimum Gasteiger partial charge on any atom is -0.347 e. The Morgan fingerprint density at radius 1 is 1.35 bits per heavy atom. The maximum absolute atomic E-state index is 12.4. The maximum Gasteiger partial charge on any atom is 0.283 e. The van der Waals surface area contributed by atoms with Gasteiger partial charge in [0.25, 0.3) is 5.91 Å². The molecule has 1 amide bonds. The third kappa shape index (κ3) is 2.85. The van der Waals surface area contributed by atoms with Crippen molar-refractivity contribution in [3.8, 4) is 0 Å².